The molecule has 1 aromatic heterocycles. The lowest BCUT2D eigenvalue weighted by molar-refractivity contribution is 0.0825. The Balaban J connectivity index is 2.22. The molecule has 3 aromatic rings. The highest BCUT2D eigenvalue weighted by Gasteiger charge is 2.26. The summed E-state index contributed by atoms with van der Waals surface area (Å²) in [5, 5.41) is 20.9. The Morgan fingerprint density at radius 3 is 2.38 bits per heavy atom. The van der Waals surface area contributed by atoms with Gasteiger partial charge in [0.15, 0.2) is 0 Å². The molecule has 3 nitrogen and oxygen atoms in total. The number of nitrogens with one attached hydrogen (secondary N) is 1. The molecule has 108 valence electrons. The van der Waals surface area contributed by atoms with Crippen LogP contribution < -0.4 is 0 Å². The van der Waals surface area contributed by atoms with E-state index in [0.29, 0.717) is 0 Å². The number of fused-ring (bicyclic) bond motifs is 1. The van der Waals surface area contributed by atoms with Gasteiger partial charge < -0.3 is 15.2 Å². The van der Waals surface area contributed by atoms with E-state index < -0.39 is 6.10 Å². The Hall–Kier alpha value is -2.10. The zero-order chi connectivity index (χ0) is 14.8. The van der Waals surface area contributed by atoms with Gasteiger partial charge in [0.05, 0.1) is 12.7 Å². The van der Waals surface area contributed by atoms with Crippen LogP contribution in [0.2, 0.25) is 0 Å². The highest BCUT2D eigenvalue weighted by atomic mass is 16.3. The van der Waals surface area contributed by atoms with Crippen molar-refractivity contribution in [1.82, 2.24) is 4.98 Å². The van der Waals surface area contributed by atoms with Crippen LogP contribution in [0, 0.1) is 6.92 Å². The standard InChI is InChI=1S/C18H19NO2/c1-12-17(14-9-5-6-10-15(14)19-12)18(16(21)11-20)13-7-3-2-4-8-13/h2-10,16,18-21H,11H2,1H3/t16-,18+/m1/s1. The maximum atomic E-state index is 10.4. The van der Waals surface area contributed by atoms with Crippen molar-refractivity contribution in [2.75, 3.05) is 6.61 Å². The predicted molar refractivity (Wildman–Crippen MR) is 84.4 cm³/mol. The quantitative estimate of drug-likeness (QED) is 0.688. The van der Waals surface area contributed by atoms with Crippen LogP contribution in [0.15, 0.2) is 54.6 Å². The largest absolute Gasteiger partial charge is 0.394 e. The molecule has 0 radical (unpaired) electrons. The molecule has 0 unspecified atom stereocenters. The van der Waals surface area contributed by atoms with E-state index in [1.165, 1.54) is 0 Å². The average Bonchev–Trinajstić information content (AvgIpc) is 2.85. The second kappa shape index (κ2) is 5.72. The van der Waals surface area contributed by atoms with E-state index in [1.54, 1.807) is 0 Å². The van der Waals surface area contributed by atoms with Crippen LogP contribution in [0.25, 0.3) is 10.9 Å². The maximum absolute atomic E-state index is 10.4. The fourth-order valence-electron chi connectivity index (χ4n) is 3.05. The third kappa shape index (κ3) is 2.46. The number of aliphatic hydroxyl groups excluding tert-OH is 2. The van der Waals surface area contributed by atoms with Gasteiger partial charge in [-0.05, 0) is 24.1 Å². The molecule has 2 atom stereocenters. The highest BCUT2D eigenvalue weighted by molar-refractivity contribution is 5.85. The summed E-state index contributed by atoms with van der Waals surface area (Å²) in [5.74, 6) is -0.243. The summed E-state index contributed by atoms with van der Waals surface area (Å²) in [6.07, 6.45) is -0.828. The van der Waals surface area contributed by atoms with E-state index in [9.17, 15) is 10.2 Å². The predicted octanol–water partition coefficient (Wildman–Crippen LogP) is 2.96. The van der Waals surface area contributed by atoms with Crippen LogP contribution in [0.4, 0.5) is 0 Å². The van der Waals surface area contributed by atoms with Gasteiger partial charge in [-0.3, -0.25) is 0 Å². The molecule has 1 heterocycles. The molecule has 2 aromatic carbocycles. The van der Waals surface area contributed by atoms with Gasteiger partial charge in [0.1, 0.15) is 0 Å². The third-order valence-corrected chi connectivity index (χ3v) is 3.98. The second-order valence-electron chi connectivity index (χ2n) is 5.35. The minimum Gasteiger partial charge on any atom is -0.394 e. The molecule has 0 aliphatic rings. The first kappa shape index (κ1) is 13.9. The van der Waals surface area contributed by atoms with Crippen molar-refractivity contribution >= 4 is 10.9 Å². The summed E-state index contributed by atoms with van der Waals surface area (Å²) in [7, 11) is 0. The van der Waals surface area contributed by atoms with E-state index in [0.717, 1.165) is 27.7 Å². The highest BCUT2D eigenvalue weighted by Crippen LogP contribution is 2.35. The summed E-state index contributed by atoms with van der Waals surface area (Å²) >= 11 is 0. The fraction of sp³-hybridized carbons (Fsp3) is 0.222. The molecule has 0 bridgehead atoms. The van der Waals surface area contributed by atoms with E-state index >= 15 is 0 Å². The summed E-state index contributed by atoms with van der Waals surface area (Å²) in [4.78, 5) is 3.36. The topological polar surface area (TPSA) is 56.2 Å². The van der Waals surface area contributed by atoms with Crippen molar-refractivity contribution < 1.29 is 10.2 Å². The molecule has 0 aliphatic heterocycles. The normalized spacial score (nSPS) is 14.2. The third-order valence-electron chi connectivity index (χ3n) is 3.98. The average molecular weight is 281 g/mol. The molecule has 3 N–H and O–H groups in total. The first-order valence-electron chi connectivity index (χ1n) is 7.13. The molecule has 0 aliphatic carbocycles. The maximum Gasteiger partial charge on any atom is 0.0880 e. The Kier molecular flexibility index (Phi) is 3.78. The Bertz CT molecular complexity index is 733. The number of aliphatic hydroxyl groups is 2. The van der Waals surface area contributed by atoms with Crippen molar-refractivity contribution in [3.8, 4) is 0 Å². The van der Waals surface area contributed by atoms with Gasteiger partial charge in [0.2, 0.25) is 0 Å². The lowest BCUT2D eigenvalue weighted by Crippen LogP contribution is -2.24. The van der Waals surface area contributed by atoms with E-state index in [2.05, 4.69) is 4.98 Å². The second-order valence-corrected chi connectivity index (χ2v) is 5.35. The minimum absolute atomic E-state index is 0.243. The van der Waals surface area contributed by atoms with Crippen molar-refractivity contribution in [2.24, 2.45) is 0 Å². The SMILES string of the molecule is Cc1[nH]c2ccccc2c1[C@@H](c1ccccc1)[C@H](O)CO. The van der Waals surface area contributed by atoms with Gasteiger partial charge >= 0.3 is 0 Å². The van der Waals surface area contributed by atoms with Crippen LogP contribution >= 0.6 is 0 Å². The van der Waals surface area contributed by atoms with Crippen LogP contribution in [-0.2, 0) is 0 Å². The number of benzene rings is 2. The first-order chi connectivity index (χ1) is 10.2. The van der Waals surface area contributed by atoms with Gasteiger partial charge in [-0.2, -0.15) is 0 Å². The van der Waals surface area contributed by atoms with Crippen LogP contribution in [0.1, 0.15) is 22.7 Å². The summed E-state index contributed by atoms with van der Waals surface area (Å²) in [5.41, 5.74) is 4.14. The molecule has 0 amide bonds. The van der Waals surface area contributed by atoms with Crippen molar-refractivity contribution in [2.45, 2.75) is 18.9 Å². The number of aryl methyl sites for hydroxylation is 1. The van der Waals surface area contributed by atoms with Crippen LogP contribution in [0.3, 0.4) is 0 Å². The zero-order valence-electron chi connectivity index (χ0n) is 12.0. The van der Waals surface area contributed by atoms with Crippen molar-refractivity contribution in [3.05, 3.63) is 71.4 Å². The minimum atomic E-state index is -0.828. The van der Waals surface area contributed by atoms with E-state index in [-0.39, 0.29) is 12.5 Å². The number of hydrogen-bond acceptors (Lipinski definition) is 2. The number of rotatable bonds is 4. The lowest BCUT2D eigenvalue weighted by Gasteiger charge is -2.23. The molecule has 21 heavy (non-hydrogen) atoms. The molecule has 0 saturated heterocycles. The number of aromatic amines is 1. The molecule has 0 saturated carbocycles. The van der Waals surface area contributed by atoms with Crippen LogP contribution in [-0.4, -0.2) is 27.9 Å². The Morgan fingerprint density at radius 1 is 1.00 bits per heavy atom. The molecule has 3 heteroatoms. The molecule has 0 fully saturated rings. The summed E-state index contributed by atoms with van der Waals surface area (Å²) in [6, 6.07) is 17.9. The number of hydrogen-bond donors (Lipinski definition) is 3. The van der Waals surface area contributed by atoms with Gasteiger partial charge in [-0.15, -0.1) is 0 Å². The Labute approximate surface area is 123 Å². The van der Waals surface area contributed by atoms with E-state index in [4.69, 9.17) is 0 Å². The summed E-state index contributed by atoms with van der Waals surface area (Å²) in [6.45, 7) is 1.74. The number of aromatic nitrogens is 1. The smallest absolute Gasteiger partial charge is 0.0880 e. The summed E-state index contributed by atoms with van der Waals surface area (Å²) < 4.78 is 0. The van der Waals surface area contributed by atoms with Crippen molar-refractivity contribution in [3.63, 3.8) is 0 Å². The van der Waals surface area contributed by atoms with Gasteiger partial charge in [-0.25, -0.2) is 0 Å². The zero-order valence-corrected chi connectivity index (χ0v) is 12.0. The van der Waals surface area contributed by atoms with Gasteiger partial charge in [-0.1, -0.05) is 48.5 Å². The monoisotopic (exact) mass is 281 g/mol. The lowest BCUT2D eigenvalue weighted by atomic mass is 9.85. The molecule has 3 rings (SSSR count). The first-order valence-corrected chi connectivity index (χ1v) is 7.13. The molecule has 0 spiro atoms. The van der Waals surface area contributed by atoms with Crippen LogP contribution in [0.5, 0.6) is 0 Å². The number of H-pyrrole nitrogens is 1. The Morgan fingerprint density at radius 2 is 1.67 bits per heavy atom. The molecular weight excluding hydrogens is 262 g/mol. The fourth-order valence-corrected chi connectivity index (χ4v) is 3.05. The molecular formula is C18H19NO2. The number of para-hydroxylation sites is 1. The van der Waals surface area contributed by atoms with Gasteiger partial charge in [0.25, 0.3) is 0 Å². The van der Waals surface area contributed by atoms with E-state index in [1.807, 2.05) is 61.5 Å². The van der Waals surface area contributed by atoms with Crippen molar-refractivity contribution in [1.29, 1.82) is 0 Å². The van der Waals surface area contributed by atoms with Gasteiger partial charge in [0, 0.05) is 22.5 Å².